The molecule has 0 saturated heterocycles. The smallest absolute Gasteiger partial charge is 0.356 e. The summed E-state index contributed by atoms with van der Waals surface area (Å²) < 4.78 is 37.3. The molecule has 0 unspecified atom stereocenters. The molecule has 18 heavy (non-hydrogen) atoms. The lowest BCUT2D eigenvalue weighted by Crippen LogP contribution is -2.36. The van der Waals surface area contributed by atoms with Crippen LogP contribution in [0.25, 0.3) is 0 Å². The molecule has 3 nitrogen and oxygen atoms in total. The number of carbonyl (C=O) groups excluding carboxylic acids is 1. The van der Waals surface area contributed by atoms with E-state index >= 15 is 0 Å². The van der Waals surface area contributed by atoms with E-state index in [2.05, 4.69) is 10.6 Å². The normalized spacial score (nSPS) is 24.9. The van der Waals surface area contributed by atoms with E-state index < -0.39 is 12.1 Å². The molecule has 0 bridgehead atoms. The molecule has 0 spiro atoms. The largest absolute Gasteiger partial charge is 0.391 e. The van der Waals surface area contributed by atoms with Gasteiger partial charge in [-0.25, -0.2) is 0 Å². The Bertz CT molecular complexity index is 261. The van der Waals surface area contributed by atoms with E-state index in [1.165, 1.54) is 0 Å². The van der Waals surface area contributed by atoms with Crippen LogP contribution in [0.15, 0.2) is 0 Å². The SMILES string of the molecule is CNCCCNC(=O)C1CCC(C(F)(F)F)CC1. The van der Waals surface area contributed by atoms with Crippen molar-refractivity contribution in [3.8, 4) is 0 Å². The summed E-state index contributed by atoms with van der Waals surface area (Å²) in [5, 5.41) is 5.75. The van der Waals surface area contributed by atoms with Crippen LogP contribution in [-0.4, -0.2) is 32.2 Å². The summed E-state index contributed by atoms with van der Waals surface area (Å²) in [6.45, 7) is 1.40. The van der Waals surface area contributed by atoms with Crippen molar-refractivity contribution < 1.29 is 18.0 Å². The van der Waals surface area contributed by atoms with E-state index in [9.17, 15) is 18.0 Å². The Labute approximate surface area is 106 Å². The summed E-state index contributed by atoms with van der Waals surface area (Å²) in [6, 6.07) is 0. The first kappa shape index (κ1) is 15.3. The molecule has 1 rings (SSSR count). The zero-order valence-corrected chi connectivity index (χ0v) is 10.6. The number of nitrogens with one attached hydrogen (secondary N) is 2. The van der Waals surface area contributed by atoms with Crippen LogP contribution < -0.4 is 10.6 Å². The third kappa shape index (κ3) is 4.84. The van der Waals surface area contributed by atoms with E-state index in [0.717, 1.165) is 13.0 Å². The summed E-state index contributed by atoms with van der Waals surface area (Å²) in [7, 11) is 1.83. The Morgan fingerprint density at radius 2 is 1.78 bits per heavy atom. The molecule has 1 fully saturated rings. The minimum atomic E-state index is -4.10. The molecule has 0 aliphatic heterocycles. The van der Waals surface area contributed by atoms with Gasteiger partial charge in [-0.15, -0.1) is 0 Å². The minimum absolute atomic E-state index is 0.0815. The van der Waals surface area contributed by atoms with E-state index in [1.54, 1.807) is 0 Å². The van der Waals surface area contributed by atoms with Gasteiger partial charge in [0.05, 0.1) is 5.92 Å². The molecular weight excluding hydrogens is 245 g/mol. The monoisotopic (exact) mass is 266 g/mol. The molecule has 6 heteroatoms. The van der Waals surface area contributed by atoms with Crippen LogP contribution in [0.1, 0.15) is 32.1 Å². The maximum atomic E-state index is 12.4. The quantitative estimate of drug-likeness (QED) is 0.748. The number of rotatable bonds is 5. The van der Waals surface area contributed by atoms with Crippen molar-refractivity contribution in [3.05, 3.63) is 0 Å². The van der Waals surface area contributed by atoms with Crippen molar-refractivity contribution in [2.45, 2.75) is 38.3 Å². The molecule has 0 atom stereocenters. The zero-order valence-electron chi connectivity index (χ0n) is 10.6. The predicted molar refractivity (Wildman–Crippen MR) is 63.1 cm³/mol. The third-order valence-electron chi connectivity index (χ3n) is 3.46. The van der Waals surface area contributed by atoms with Crippen LogP contribution in [0.2, 0.25) is 0 Å². The fraction of sp³-hybridized carbons (Fsp3) is 0.917. The molecule has 0 radical (unpaired) electrons. The van der Waals surface area contributed by atoms with Gasteiger partial charge in [-0.3, -0.25) is 4.79 Å². The number of halogens is 3. The second kappa shape index (κ2) is 6.97. The second-order valence-electron chi connectivity index (χ2n) is 4.84. The molecule has 1 saturated carbocycles. The number of hydrogen-bond donors (Lipinski definition) is 2. The Morgan fingerprint density at radius 1 is 1.17 bits per heavy atom. The average molecular weight is 266 g/mol. The summed E-state index contributed by atoms with van der Waals surface area (Å²) >= 11 is 0. The van der Waals surface area contributed by atoms with Gasteiger partial charge in [-0.05, 0) is 45.7 Å². The maximum absolute atomic E-state index is 12.4. The van der Waals surface area contributed by atoms with Crippen LogP contribution in [0.3, 0.4) is 0 Å². The van der Waals surface area contributed by atoms with Crippen LogP contribution in [0.5, 0.6) is 0 Å². The number of hydrogen-bond acceptors (Lipinski definition) is 2. The first-order valence-corrected chi connectivity index (χ1v) is 6.44. The van der Waals surface area contributed by atoms with Gasteiger partial charge in [0.1, 0.15) is 0 Å². The van der Waals surface area contributed by atoms with Crippen molar-refractivity contribution in [1.82, 2.24) is 10.6 Å². The second-order valence-corrected chi connectivity index (χ2v) is 4.84. The van der Waals surface area contributed by atoms with Gasteiger partial charge in [0, 0.05) is 12.5 Å². The van der Waals surface area contributed by atoms with Gasteiger partial charge in [-0.1, -0.05) is 0 Å². The fourth-order valence-electron chi connectivity index (χ4n) is 2.30. The molecule has 2 N–H and O–H groups in total. The lowest BCUT2D eigenvalue weighted by atomic mass is 9.81. The molecule has 1 aliphatic carbocycles. The summed E-state index contributed by atoms with van der Waals surface area (Å²) in [5.74, 6) is -1.55. The van der Waals surface area contributed by atoms with Gasteiger partial charge >= 0.3 is 6.18 Å². The predicted octanol–water partition coefficient (Wildman–Crippen LogP) is 2.08. The first-order chi connectivity index (χ1) is 8.45. The number of alkyl halides is 3. The van der Waals surface area contributed by atoms with E-state index in [0.29, 0.717) is 19.4 Å². The van der Waals surface area contributed by atoms with Crippen LogP contribution in [0.4, 0.5) is 13.2 Å². The highest BCUT2D eigenvalue weighted by Crippen LogP contribution is 2.39. The lowest BCUT2D eigenvalue weighted by Gasteiger charge is -2.29. The Balaban J connectivity index is 2.23. The van der Waals surface area contributed by atoms with Gasteiger partial charge in [-0.2, -0.15) is 13.2 Å². The minimum Gasteiger partial charge on any atom is -0.356 e. The van der Waals surface area contributed by atoms with Crippen molar-refractivity contribution in [3.63, 3.8) is 0 Å². The summed E-state index contributed by atoms with van der Waals surface area (Å²) in [6.07, 6.45) is -2.41. The molecule has 1 amide bonds. The van der Waals surface area contributed by atoms with Gasteiger partial charge < -0.3 is 10.6 Å². The zero-order chi connectivity index (χ0) is 13.6. The number of amides is 1. The van der Waals surface area contributed by atoms with Crippen LogP contribution >= 0.6 is 0 Å². The van der Waals surface area contributed by atoms with Crippen molar-refractivity contribution >= 4 is 5.91 Å². The highest BCUT2D eigenvalue weighted by atomic mass is 19.4. The third-order valence-corrected chi connectivity index (χ3v) is 3.46. The van der Waals surface area contributed by atoms with Gasteiger partial charge in [0.25, 0.3) is 0 Å². The van der Waals surface area contributed by atoms with Gasteiger partial charge in [0.15, 0.2) is 0 Å². The van der Waals surface area contributed by atoms with Crippen LogP contribution in [-0.2, 0) is 4.79 Å². The standard InChI is InChI=1S/C12H21F3N2O/c1-16-7-2-8-17-11(18)9-3-5-10(6-4-9)12(13,14)15/h9-10,16H,2-8H2,1H3,(H,17,18). The van der Waals surface area contributed by atoms with Crippen molar-refractivity contribution in [2.24, 2.45) is 11.8 Å². The molecule has 106 valence electrons. The van der Waals surface area contributed by atoms with E-state index in [1.807, 2.05) is 7.05 Å². The molecule has 0 heterocycles. The average Bonchev–Trinajstić information content (AvgIpc) is 2.33. The van der Waals surface area contributed by atoms with Gasteiger partial charge in [0.2, 0.25) is 5.91 Å². The molecule has 0 aromatic heterocycles. The molecule has 0 aromatic carbocycles. The first-order valence-electron chi connectivity index (χ1n) is 6.44. The Morgan fingerprint density at radius 3 is 2.28 bits per heavy atom. The highest BCUT2D eigenvalue weighted by molar-refractivity contribution is 5.78. The highest BCUT2D eigenvalue weighted by Gasteiger charge is 2.42. The summed E-state index contributed by atoms with van der Waals surface area (Å²) in [5.41, 5.74) is 0. The molecular formula is C12H21F3N2O. The van der Waals surface area contributed by atoms with Crippen LogP contribution in [0, 0.1) is 11.8 Å². The maximum Gasteiger partial charge on any atom is 0.391 e. The fourth-order valence-corrected chi connectivity index (χ4v) is 2.30. The topological polar surface area (TPSA) is 41.1 Å². The van der Waals surface area contributed by atoms with E-state index in [4.69, 9.17) is 0 Å². The number of carbonyl (C=O) groups is 1. The van der Waals surface area contributed by atoms with Crippen molar-refractivity contribution in [1.29, 1.82) is 0 Å². The molecule has 1 aliphatic rings. The Hall–Kier alpha value is -0.780. The lowest BCUT2D eigenvalue weighted by molar-refractivity contribution is -0.184. The molecule has 0 aromatic rings. The van der Waals surface area contributed by atoms with Crippen molar-refractivity contribution in [2.75, 3.05) is 20.1 Å². The Kier molecular flexibility index (Phi) is 5.91. The van der Waals surface area contributed by atoms with E-state index in [-0.39, 0.29) is 24.7 Å². The summed E-state index contributed by atoms with van der Waals surface area (Å²) in [4.78, 5) is 11.7.